The lowest BCUT2D eigenvalue weighted by Crippen LogP contribution is -2.22. The first kappa shape index (κ1) is 11.9. The Balaban J connectivity index is 3.26. The van der Waals surface area contributed by atoms with E-state index in [1.54, 1.807) is 0 Å². The van der Waals surface area contributed by atoms with E-state index in [-0.39, 0.29) is 17.0 Å². The number of alkyl halides is 4. The number of pyridine rings is 1. The molecule has 7 heteroatoms. The summed E-state index contributed by atoms with van der Waals surface area (Å²) >= 11 is 5.37. The van der Waals surface area contributed by atoms with Crippen LogP contribution in [0.3, 0.4) is 0 Å². The molecule has 15 heavy (non-hydrogen) atoms. The number of hydrogen-bond donors (Lipinski definition) is 1. The summed E-state index contributed by atoms with van der Waals surface area (Å²) in [4.78, 5) is 13.4. The van der Waals surface area contributed by atoms with Gasteiger partial charge in [-0.1, -0.05) is 0 Å². The predicted octanol–water partition coefficient (Wildman–Crippen LogP) is 2.32. The Kier molecular flexibility index (Phi) is 3.28. The van der Waals surface area contributed by atoms with Gasteiger partial charge in [0.1, 0.15) is 5.75 Å². The molecule has 0 saturated heterocycles. The van der Waals surface area contributed by atoms with Crippen molar-refractivity contribution in [2.45, 2.75) is 19.2 Å². The third-order valence-electron chi connectivity index (χ3n) is 1.68. The Hall–Kier alpha value is -1.17. The molecular weight excluding hydrogens is 235 g/mol. The van der Waals surface area contributed by atoms with Crippen LogP contribution in [0.2, 0.25) is 0 Å². The molecular formula is C8H7ClF3NO2. The van der Waals surface area contributed by atoms with Gasteiger partial charge in [-0.25, -0.2) is 0 Å². The fraction of sp³-hybridized carbons (Fsp3) is 0.375. The second-order valence-corrected chi connectivity index (χ2v) is 3.06. The Bertz CT molecular complexity index is 413. The van der Waals surface area contributed by atoms with Gasteiger partial charge < -0.3 is 9.72 Å². The first-order valence-corrected chi connectivity index (χ1v) is 4.41. The van der Waals surface area contributed by atoms with Crippen molar-refractivity contribution >= 4 is 11.6 Å². The van der Waals surface area contributed by atoms with Crippen LogP contribution in [0.15, 0.2) is 11.0 Å². The molecule has 0 atom stereocenters. The van der Waals surface area contributed by atoms with E-state index in [9.17, 15) is 18.0 Å². The summed E-state index contributed by atoms with van der Waals surface area (Å²) in [7, 11) is 0. The summed E-state index contributed by atoms with van der Waals surface area (Å²) in [6, 6.07) is 0. The molecule has 0 spiro atoms. The zero-order valence-electron chi connectivity index (χ0n) is 7.61. The summed E-state index contributed by atoms with van der Waals surface area (Å²) in [5.41, 5.74) is -0.744. The van der Waals surface area contributed by atoms with Crippen LogP contribution >= 0.6 is 11.6 Å². The standard InChI is InChI=1S/C8H7ClF3NO2/c1-4-3-13-7(14)5(2-9)6(4)15-8(10,11)12/h3H,2H2,1H3,(H,13,14). The summed E-state index contributed by atoms with van der Waals surface area (Å²) in [6.45, 7) is 1.38. The van der Waals surface area contributed by atoms with Crippen LogP contribution in [0.4, 0.5) is 13.2 Å². The maximum Gasteiger partial charge on any atom is 0.573 e. The smallest absolute Gasteiger partial charge is 0.405 e. The van der Waals surface area contributed by atoms with Crippen LogP contribution in [-0.4, -0.2) is 11.3 Å². The molecule has 3 nitrogen and oxygen atoms in total. The third-order valence-corrected chi connectivity index (χ3v) is 1.94. The number of ether oxygens (including phenoxy) is 1. The normalized spacial score (nSPS) is 11.5. The molecule has 1 aromatic heterocycles. The van der Waals surface area contributed by atoms with E-state index in [4.69, 9.17) is 11.6 Å². The van der Waals surface area contributed by atoms with E-state index < -0.39 is 17.7 Å². The van der Waals surface area contributed by atoms with Gasteiger partial charge in [0.25, 0.3) is 5.56 Å². The molecule has 0 aliphatic rings. The van der Waals surface area contributed by atoms with Crippen LogP contribution in [0.25, 0.3) is 0 Å². The summed E-state index contributed by atoms with van der Waals surface area (Å²) in [5, 5.41) is 0. The first-order valence-electron chi connectivity index (χ1n) is 3.88. The second-order valence-electron chi connectivity index (χ2n) is 2.79. The number of halogens is 4. The van der Waals surface area contributed by atoms with Crippen molar-refractivity contribution in [2.24, 2.45) is 0 Å². The molecule has 1 rings (SSSR count). The zero-order valence-corrected chi connectivity index (χ0v) is 8.37. The molecule has 0 aliphatic heterocycles. The van der Waals surface area contributed by atoms with Crippen LogP contribution < -0.4 is 10.3 Å². The van der Waals surface area contributed by atoms with Gasteiger partial charge in [0.2, 0.25) is 0 Å². The van der Waals surface area contributed by atoms with E-state index in [1.807, 2.05) is 0 Å². The van der Waals surface area contributed by atoms with Crippen molar-refractivity contribution in [2.75, 3.05) is 0 Å². The van der Waals surface area contributed by atoms with Gasteiger partial charge in [-0.2, -0.15) is 0 Å². The number of aromatic amines is 1. The predicted molar refractivity (Wildman–Crippen MR) is 48.0 cm³/mol. The van der Waals surface area contributed by atoms with Crippen molar-refractivity contribution in [1.82, 2.24) is 4.98 Å². The number of nitrogens with one attached hydrogen (secondary N) is 1. The van der Waals surface area contributed by atoms with E-state index in [1.165, 1.54) is 6.92 Å². The van der Waals surface area contributed by atoms with Gasteiger partial charge in [0.15, 0.2) is 0 Å². The molecule has 0 radical (unpaired) electrons. The average Bonchev–Trinajstić information content (AvgIpc) is 2.10. The largest absolute Gasteiger partial charge is 0.573 e. The van der Waals surface area contributed by atoms with Crippen LogP contribution in [0.1, 0.15) is 11.1 Å². The number of aryl methyl sites for hydroxylation is 1. The Morgan fingerprint density at radius 2 is 2.13 bits per heavy atom. The average molecular weight is 242 g/mol. The highest BCUT2D eigenvalue weighted by Crippen LogP contribution is 2.28. The Morgan fingerprint density at radius 3 is 2.60 bits per heavy atom. The minimum atomic E-state index is -4.83. The highest BCUT2D eigenvalue weighted by molar-refractivity contribution is 6.17. The quantitative estimate of drug-likeness (QED) is 0.808. The highest BCUT2D eigenvalue weighted by atomic mass is 35.5. The molecule has 0 fully saturated rings. The fourth-order valence-corrected chi connectivity index (χ4v) is 1.29. The van der Waals surface area contributed by atoms with E-state index in [0.717, 1.165) is 6.20 Å². The molecule has 1 N–H and O–H groups in total. The zero-order chi connectivity index (χ0) is 11.6. The van der Waals surface area contributed by atoms with E-state index in [2.05, 4.69) is 9.72 Å². The monoisotopic (exact) mass is 241 g/mol. The van der Waals surface area contributed by atoms with Gasteiger partial charge >= 0.3 is 6.36 Å². The van der Waals surface area contributed by atoms with Crippen molar-refractivity contribution in [3.63, 3.8) is 0 Å². The highest BCUT2D eigenvalue weighted by Gasteiger charge is 2.33. The van der Waals surface area contributed by atoms with Gasteiger partial charge in [-0.15, -0.1) is 24.8 Å². The van der Waals surface area contributed by atoms with Gasteiger partial charge in [-0.3, -0.25) is 4.79 Å². The van der Waals surface area contributed by atoms with Crippen molar-refractivity contribution < 1.29 is 17.9 Å². The molecule has 0 saturated carbocycles. The summed E-state index contributed by atoms with van der Waals surface area (Å²) < 4.78 is 39.7. The maximum absolute atomic E-state index is 12.0. The SMILES string of the molecule is Cc1c[nH]c(=O)c(CCl)c1OC(F)(F)F. The number of aromatic nitrogens is 1. The number of hydrogen-bond acceptors (Lipinski definition) is 2. The lowest BCUT2D eigenvalue weighted by molar-refractivity contribution is -0.275. The van der Waals surface area contributed by atoms with Gasteiger partial charge in [0, 0.05) is 11.8 Å². The van der Waals surface area contributed by atoms with Crippen LogP contribution in [-0.2, 0) is 5.88 Å². The molecule has 0 aromatic carbocycles. The minimum absolute atomic E-state index is 0.169. The molecule has 1 heterocycles. The van der Waals surface area contributed by atoms with Crippen LogP contribution in [0.5, 0.6) is 5.75 Å². The fourth-order valence-electron chi connectivity index (χ4n) is 1.05. The second kappa shape index (κ2) is 4.14. The van der Waals surface area contributed by atoms with E-state index in [0.29, 0.717) is 0 Å². The van der Waals surface area contributed by atoms with Crippen molar-refractivity contribution in [1.29, 1.82) is 0 Å². The lowest BCUT2D eigenvalue weighted by atomic mass is 10.2. The third kappa shape index (κ3) is 2.89. The molecule has 84 valence electrons. The summed E-state index contributed by atoms with van der Waals surface area (Å²) in [6.07, 6.45) is -3.70. The first-order chi connectivity index (χ1) is 6.85. The van der Waals surface area contributed by atoms with Crippen molar-refractivity contribution in [3.05, 3.63) is 27.7 Å². The molecule has 1 aromatic rings. The Morgan fingerprint density at radius 1 is 1.53 bits per heavy atom. The molecule has 0 unspecified atom stereocenters. The minimum Gasteiger partial charge on any atom is -0.405 e. The van der Waals surface area contributed by atoms with Crippen LogP contribution in [0, 0.1) is 6.92 Å². The van der Waals surface area contributed by atoms with Gasteiger partial charge in [-0.05, 0) is 6.92 Å². The molecule has 0 aliphatic carbocycles. The molecule has 0 amide bonds. The maximum atomic E-state index is 12.0. The Labute approximate surface area is 87.8 Å². The van der Waals surface area contributed by atoms with E-state index >= 15 is 0 Å². The lowest BCUT2D eigenvalue weighted by Gasteiger charge is -2.13. The topological polar surface area (TPSA) is 42.1 Å². The van der Waals surface area contributed by atoms with Gasteiger partial charge in [0.05, 0.1) is 11.4 Å². The number of H-pyrrole nitrogens is 1. The summed E-state index contributed by atoms with van der Waals surface area (Å²) in [5.74, 6) is -0.871. The van der Waals surface area contributed by atoms with Crippen molar-refractivity contribution in [3.8, 4) is 5.75 Å². The number of rotatable bonds is 2. The molecule has 0 bridgehead atoms.